The second-order valence-electron chi connectivity index (χ2n) is 5.24. The largest absolute Gasteiger partial charge is 0.328 e. The second-order valence-corrected chi connectivity index (χ2v) is 6.57. The van der Waals surface area contributed by atoms with Gasteiger partial charge in [0.1, 0.15) is 0 Å². The predicted molar refractivity (Wildman–Crippen MR) is 80.9 cm³/mol. The van der Waals surface area contributed by atoms with Crippen LogP contribution in [-0.2, 0) is 0 Å². The van der Waals surface area contributed by atoms with Gasteiger partial charge < -0.3 is 5.73 Å². The van der Waals surface area contributed by atoms with Crippen LogP contribution in [0, 0.1) is 5.92 Å². The van der Waals surface area contributed by atoms with E-state index in [1.807, 2.05) is 6.07 Å². The van der Waals surface area contributed by atoms with Gasteiger partial charge in [-0.1, -0.05) is 33.6 Å². The molecule has 1 aromatic rings. The normalized spacial score (nSPS) is 24.2. The molecule has 2 rings (SSSR count). The molecular formula is C14H20BrClN2. The van der Waals surface area contributed by atoms with Crippen molar-refractivity contribution < 1.29 is 0 Å². The van der Waals surface area contributed by atoms with E-state index in [2.05, 4.69) is 46.8 Å². The van der Waals surface area contributed by atoms with Crippen molar-refractivity contribution in [3.8, 4) is 0 Å². The fraction of sp³-hybridized carbons (Fsp3) is 0.571. The third-order valence-electron chi connectivity index (χ3n) is 3.96. The standard InChI is InChI=1S/C14H20BrClN2/c1-9(17)11-5-6-18(8-11)10(2)13-4-3-12(15)7-14(13)16/h3-4,7,9-11H,5-6,8,17H2,1-2H3. The van der Waals surface area contributed by atoms with Crippen LogP contribution in [0.5, 0.6) is 0 Å². The first-order chi connectivity index (χ1) is 8.49. The molecule has 0 saturated carbocycles. The van der Waals surface area contributed by atoms with Gasteiger partial charge in [-0.25, -0.2) is 0 Å². The number of nitrogens with zero attached hydrogens (tertiary/aromatic N) is 1. The van der Waals surface area contributed by atoms with Gasteiger partial charge >= 0.3 is 0 Å². The quantitative estimate of drug-likeness (QED) is 0.912. The zero-order valence-electron chi connectivity index (χ0n) is 10.9. The summed E-state index contributed by atoms with van der Waals surface area (Å²) >= 11 is 9.76. The van der Waals surface area contributed by atoms with Gasteiger partial charge in [0.15, 0.2) is 0 Å². The minimum atomic E-state index is 0.280. The van der Waals surface area contributed by atoms with E-state index >= 15 is 0 Å². The Labute approximate surface area is 123 Å². The lowest BCUT2D eigenvalue weighted by atomic mass is 10.0. The number of hydrogen-bond donors (Lipinski definition) is 1. The fourth-order valence-corrected chi connectivity index (χ4v) is 3.46. The van der Waals surface area contributed by atoms with Gasteiger partial charge in [-0.3, -0.25) is 4.90 Å². The van der Waals surface area contributed by atoms with Gasteiger partial charge in [0.2, 0.25) is 0 Å². The second kappa shape index (κ2) is 5.91. The maximum Gasteiger partial charge on any atom is 0.0464 e. The van der Waals surface area contributed by atoms with Crippen molar-refractivity contribution in [2.75, 3.05) is 13.1 Å². The number of likely N-dealkylation sites (tertiary alicyclic amines) is 1. The first kappa shape index (κ1) is 14.3. The van der Waals surface area contributed by atoms with Crippen molar-refractivity contribution in [2.24, 2.45) is 11.7 Å². The summed E-state index contributed by atoms with van der Waals surface area (Å²) in [6.45, 7) is 6.51. The molecule has 0 aromatic heterocycles. The zero-order valence-corrected chi connectivity index (χ0v) is 13.2. The van der Waals surface area contributed by atoms with E-state index in [1.54, 1.807) is 0 Å². The molecule has 1 aliphatic heterocycles. The van der Waals surface area contributed by atoms with E-state index in [9.17, 15) is 0 Å². The van der Waals surface area contributed by atoms with Crippen LogP contribution in [-0.4, -0.2) is 24.0 Å². The molecule has 100 valence electrons. The van der Waals surface area contributed by atoms with E-state index in [0.29, 0.717) is 12.0 Å². The summed E-state index contributed by atoms with van der Waals surface area (Å²) in [5.74, 6) is 0.613. The van der Waals surface area contributed by atoms with Crippen LogP contribution < -0.4 is 5.73 Å². The van der Waals surface area contributed by atoms with Gasteiger partial charge in [-0.05, 0) is 50.4 Å². The summed E-state index contributed by atoms with van der Waals surface area (Å²) in [4.78, 5) is 2.48. The number of halogens is 2. The zero-order chi connectivity index (χ0) is 13.3. The Balaban J connectivity index is 2.10. The van der Waals surface area contributed by atoms with Crippen molar-refractivity contribution in [3.63, 3.8) is 0 Å². The summed E-state index contributed by atoms with van der Waals surface area (Å²) in [6.07, 6.45) is 1.19. The molecule has 3 atom stereocenters. The number of nitrogens with two attached hydrogens (primary N) is 1. The van der Waals surface area contributed by atoms with Gasteiger partial charge in [-0.2, -0.15) is 0 Å². The third-order valence-corrected chi connectivity index (χ3v) is 4.78. The predicted octanol–water partition coefficient (Wildman–Crippen LogP) is 3.83. The van der Waals surface area contributed by atoms with Crippen molar-refractivity contribution in [3.05, 3.63) is 33.3 Å². The molecule has 18 heavy (non-hydrogen) atoms. The lowest BCUT2D eigenvalue weighted by molar-refractivity contribution is 0.248. The lowest BCUT2D eigenvalue weighted by Crippen LogP contribution is -2.31. The minimum Gasteiger partial charge on any atom is -0.328 e. The van der Waals surface area contributed by atoms with Crippen molar-refractivity contribution in [1.82, 2.24) is 4.90 Å². The fourth-order valence-electron chi connectivity index (χ4n) is 2.63. The Morgan fingerprint density at radius 3 is 2.72 bits per heavy atom. The molecule has 3 unspecified atom stereocenters. The number of benzene rings is 1. The molecule has 1 heterocycles. The van der Waals surface area contributed by atoms with Crippen molar-refractivity contribution in [1.29, 1.82) is 0 Å². The van der Waals surface area contributed by atoms with E-state index in [-0.39, 0.29) is 6.04 Å². The van der Waals surface area contributed by atoms with Crippen LogP contribution in [0.1, 0.15) is 31.9 Å². The molecule has 0 spiro atoms. The maximum atomic E-state index is 6.32. The van der Waals surface area contributed by atoms with Gasteiger partial charge in [0.05, 0.1) is 0 Å². The van der Waals surface area contributed by atoms with Gasteiger partial charge in [0.25, 0.3) is 0 Å². The molecule has 1 saturated heterocycles. The molecule has 1 fully saturated rings. The monoisotopic (exact) mass is 330 g/mol. The van der Waals surface area contributed by atoms with Crippen LogP contribution in [0.2, 0.25) is 5.02 Å². The van der Waals surface area contributed by atoms with Crippen LogP contribution in [0.3, 0.4) is 0 Å². The van der Waals surface area contributed by atoms with Crippen LogP contribution >= 0.6 is 27.5 Å². The van der Waals surface area contributed by atoms with E-state index in [0.717, 1.165) is 22.6 Å². The van der Waals surface area contributed by atoms with E-state index in [4.69, 9.17) is 17.3 Å². The van der Waals surface area contributed by atoms with Crippen molar-refractivity contribution >= 4 is 27.5 Å². The topological polar surface area (TPSA) is 29.3 Å². The average Bonchev–Trinajstić information content (AvgIpc) is 2.77. The highest BCUT2D eigenvalue weighted by Crippen LogP contribution is 2.33. The highest BCUT2D eigenvalue weighted by Gasteiger charge is 2.29. The van der Waals surface area contributed by atoms with E-state index < -0.39 is 0 Å². The highest BCUT2D eigenvalue weighted by molar-refractivity contribution is 9.10. The molecule has 2 nitrogen and oxygen atoms in total. The highest BCUT2D eigenvalue weighted by atomic mass is 79.9. The maximum absolute atomic E-state index is 6.32. The summed E-state index contributed by atoms with van der Waals surface area (Å²) in [6, 6.07) is 6.76. The number of hydrogen-bond acceptors (Lipinski definition) is 2. The Bertz CT molecular complexity index is 422. The minimum absolute atomic E-state index is 0.280. The summed E-state index contributed by atoms with van der Waals surface area (Å²) in [5, 5.41) is 0.834. The Hall–Kier alpha value is -0.0900. The number of rotatable bonds is 3. The molecule has 0 aliphatic carbocycles. The smallest absolute Gasteiger partial charge is 0.0464 e. The lowest BCUT2D eigenvalue weighted by Gasteiger charge is -2.26. The Morgan fingerprint density at radius 1 is 1.44 bits per heavy atom. The molecule has 0 radical (unpaired) electrons. The van der Waals surface area contributed by atoms with Gasteiger partial charge in [-0.15, -0.1) is 0 Å². The van der Waals surface area contributed by atoms with Crippen molar-refractivity contribution in [2.45, 2.75) is 32.4 Å². The average molecular weight is 332 g/mol. The Morgan fingerprint density at radius 2 is 2.17 bits per heavy atom. The van der Waals surface area contributed by atoms with Crippen LogP contribution in [0.15, 0.2) is 22.7 Å². The van der Waals surface area contributed by atoms with E-state index in [1.165, 1.54) is 12.0 Å². The van der Waals surface area contributed by atoms with Crippen LogP contribution in [0.25, 0.3) is 0 Å². The van der Waals surface area contributed by atoms with Gasteiger partial charge in [0, 0.05) is 28.1 Å². The summed E-state index contributed by atoms with van der Waals surface area (Å²) in [5.41, 5.74) is 7.19. The first-order valence-electron chi connectivity index (χ1n) is 6.43. The first-order valence-corrected chi connectivity index (χ1v) is 7.60. The SMILES string of the molecule is CC(N)C1CCN(C(C)c2ccc(Br)cc2Cl)C1. The summed E-state index contributed by atoms with van der Waals surface area (Å²) in [7, 11) is 0. The Kier molecular flexibility index (Phi) is 4.70. The molecule has 2 N–H and O–H groups in total. The molecule has 1 aromatic carbocycles. The summed E-state index contributed by atoms with van der Waals surface area (Å²) < 4.78 is 1.03. The molecule has 0 amide bonds. The molecule has 0 bridgehead atoms. The molecular weight excluding hydrogens is 312 g/mol. The van der Waals surface area contributed by atoms with Crippen LogP contribution in [0.4, 0.5) is 0 Å². The molecule has 1 aliphatic rings. The molecule has 4 heteroatoms. The third kappa shape index (κ3) is 3.08.